The normalized spacial score (nSPS) is 18.1. The number of hydrogen-bond acceptors (Lipinski definition) is 3. The molecule has 3 heterocycles. The number of hydrogen-bond donors (Lipinski definition) is 1. The predicted molar refractivity (Wildman–Crippen MR) is 118 cm³/mol. The van der Waals surface area contributed by atoms with Crippen molar-refractivity contribution < 1.29 is 4.79 Å². The summed E-state index contributed by atoms with van der Waals surface area (Å²) in [6, 6.07) is 13.0. The Kier molecular flexibility index (Phi) is 4.85. The Hall–Kier alpha value is -2.27. The van der Waals surface area contributed by atoms with Crippen molar-refractivity contribution in [1.82, 2.24) is 4.57 Å². The van der Waals surface area contributed by atoms with Gasteiger partial charge in [0.2, 0.25) is 0 Å². The first-order valence-corrected chi connectivity index (χ1v) is 11.4. The molecule has 2 aromatic heterocycles. The number of nitrogens with zero attached hydrogens (tertiary/aromatic N) is 2. The van der Waals surface area contributed by atoms with Crippen molar-refractivity contribution in [2.24, 2.45) is 0 Å². The van der Waals surface area contributed by atoms with Crippen LogP contribution in [0.2, 0.25) is 0 Å². The lowest BCUT2D eigenvalue weighted by molar-refractivity contribution is 0.101. The van der Waals surface area contributed by atoms with Gasteiger partial charge in [-0.25, -0.2) is 0 Å². The fourth-order valence-corrected chi connectivity index (χ4v) is 5.59. The maximum absolute atomic E-state index is 13.1. The number of amides is 1. The molecule has 1 saturated heterocycles. The van der Waals surface area contributed by atoms with E-state index in [1.807, 2.05) is 12.1 Å². The van der Waals surface area contributed by atoms with Crippen LogP contribution in [0.5, 0.6) is 0 Å². The molecule has 0 radical (unpaired) electrons. The fraction of sp³-hybridized carbons (Fsp3) is 0.435. The average Bonchev–Trinajstić information content (AvgIpc) is 3.46. The molecule has 0 atom stereocenters. The van der Waals surface area contributed by atoms with Gasteiger partial charge in [-0.1, -0.05) is 12.8 Å². The van der Waals surface area contributed by atoms with Crippen molar-refractivity contribution in [3.8, 4) is 0 Å². The molecule has 1 aliphatic heterocycles. The molecule has 3 aromatic rings. The van der Waals surface area contributed by atoms with Crippen LogP contribution < -0.4 is 10.2 Å². The van der Waals surface area contributed by atoms with Gasteiger partial charge in [0, 0.05) is 30.5 Å². The smallest absolute Gasteiger partial charge is 0.272 e. The molecule has 1 amide bonds. The quantitative estimate of drug-likeness (QED) is 0.585. The van der Waals surface area contributed by atoms with Gasteiger partial charge in [-0.3, -0.25) is 4.79 Å². The summed E-state index contributed by atoms with van der Waals surface area (Å²) in [6.45, 7) is 2.27. The lowest BCUT2D eigenvalue weighted by Gasteiger charge is -2.28. The SMILES string of the molecule is O=C(Nc1ccc(N2CCCCC2)cc1)c1cc2sccc2n1C1CCCC1. The van der Waals surface area contributed by atoms with E-state index in [-0.39, 0.29) is 5.91 Å². The van der Waals surface area contributed by atoms with E-state index in [4.69, 9.17) is 0 Å². The minimum absolute atomic E-state index is 0.000947. The number of fused-ring (bicyclic) bond motifs is 1. The van der Waals surface area contributed by atoms with Crippen LogP contribution in [-0.2, 0) is 0 Å². The molecule has 0 unspecified atom stereocenters. The van der Waals surface area contributed by atoms with Crippen molar-refractivity contribution in [1.29, 1.82) is 0 Å². The van der Waals surface area contributed by atoms with Crippen LogP contribution in [-0.4, -0.2) is 23.6 Å². The highest BCUT2D eigenvalue weighted by molar-refractivity contribution is 7.17. The maximum atomic E-state index is 13.1. The largest absolute Gasteiger partial charge is 0.372 e. The molecule has 5 heteroatoms. The van der Waals surface area contributed by atoms with E-state index in [1.54, 1.807) is 11.3 Å². The van der Waals surface area contributed by atoms with E-state index in [9.17, 15) is 4.79 Å². The fourth-order valence-electron chi connectivity index (χ4n) is 4.78. The maximum Gasteiger partial charge on any atom is 0.272 e. The van der Waals surface area contributed by atoms with Crippen LogP contribution in [0.1, 0.15) is 61.5 Å². The zero-order valence-electron chi connectivity index (χ0n) is 16.2. The first-order valence-electron chi connectivity index (χ1n) is 10.5. The molecule has 28 heavy (non-hydrogen) atoms. The first kappa shape index (κ1) is 17.8. The van der Waals surface area contributed by atoms with E-state index >= 15 is 0 Å². The number of piperidine rings is 1. The number of anilines is 2. The summed E-state index contributed by atoms with van der Waals surface area (Å²) in [7, 11) is 0. The number of benzene rings is 1. The van der Waals surface area contributed by atoms with Gasteiger partial charge in [0.05, 0.1) is 10.2 Å². The van der Waals surface area contributed by atoms with Crippen molar-refractivity contribution >= 4 is 38.8 Å². The Morgan fingerprint density at radius 2 is 1.71 bits per heavy atom. The van der Waals surface area contributed by atoms with Gasteiger partial charge in [-0.05, 0) is 73.9 Å². The van der Waals surface area contributed by atoms with Crippen molar-refractivity contribution in [2.75, 3.05) is 23.3 Å². The van der Waals surface area contributed by atoms with Crippen LogP contribution >= 0.6 is 11.3 Å². The number of carbonyl (C=O) groups excluding carboxylic acids is 1. The van der Waals surface area contributed by atoms with E-state index in [1.165, 1.54) is 60.8 Å². The third-order valence-corrected chi connectivity index (χ3v) is 7.08. The van der Waals surface area contributed by atoms with E-state index in [0.717, 1.165) is 24.5 Å². The second kappa shape index (κ2) is 7.63. The van der Waals surface area contributed by atoms with Crippen LogP contribution in [0.15, 0.2) is 41.8 Å². The molecule has 1 saturated carbocycles. The van der Waals surface area contributed by atoms with Crippen LogP contribution in [0.4, 0.5) is 11.4 Å². The predicted octanol–water partition coefficient (Wildman–Crippen LogP) is 6.06. The lowest BCUT2D eigenvalue weighted by atomic mass is 10.1. The first-order chi connectivity index (χ1) is 13.8. The van der Waals surface area contributed by atoms with Gasteiger partial charge >= 0.3 is 0 Å². The monoisotopic (exact) mass is 393 g/mol. The summed E-state index contributed by atoms with van der Waals surface area (Å²) in [5, 5.41) is 5.25. The van der Waals surface area contributed by atoms with Crippen molar-refractivity contribution in [3.63, 3.8) is 0 Å². The van der Waals surface area contributed by atoms with Crippen LogP contribution in [0.3, 0.4) is 0 Å². The highest BCUT2D eigenvalue weighted by Crippen LogP contribution is 2.36. The van der Waals surface area contributed by atoms with Gasteiger partial charge in [-0.2, -0.15) is 0 Å². The molecule has 1 N–H and O–H groups in total. The number of aromatic nitrogens is 1. The molecule has 5 rings (SSSR count). The van der Waals surface area contributed by atoms with E-state index in [2.05, 4.69) is 44.4 Å². The number of rotatable bonds is 4. The number of thiophene rings is 1. The van der Waals surface area contributed by atoms with Gasteiger partial charge in [-0.15, -0.1) is 11.3 Å². The Morgan fingerprint density at radius 1 is 0.964 bits per heavy atom. The zero-order chi connectivity index (χ0) is 18.9. The van der Waals surface area contributed by atoms with Gasteiger partial charge < -0.3 is 14.8 Å². The molecule has 146 valence electrons. The summed E-state index contributed by atoms with van der Waals surface area (Å²) in [4.78, 5) is 15.5. The molecule has 2 aliphatic rings. The van der Waals surface area contributed by atoms with Gasteiger partial charge in [0.25, 0.3) is 5.91 Å². The molecular formula is C23H27N3OS. The van der Waals surface area contributed by atoms with Gasteiger partial charge in [0.1, 0.15) is 5.69 Å². The molecular weight excluding hydrogens is 366 g/mol. The standard InChI is InChI=1S/C23H27N3OS/c27-23(24-17-8-10-18(11-9-17)25-13-4-1-5-14-25)21-16-22-20(12-15-28-22)26(21)19-6-2-3-7-19/h8-12,15-16,19H,1-7,13-14H2,(H,24,27). The minimum atomic E-state index is 0.000947. The zero-order valence-corrected chi connectivity index (χ0v) is 17.0. The summed E-state index contributed by atoms with van der Waals surface area (Å²) in [6.07, 6.45) is 8.74. The Balaban J connectivity index is 1.37. The van der Waals surface area contributed by atoms with Crippen LogP contribution in [0, 0.1) is 0 Å². The van der Waals surface area contributed by atoms with Gasteiger partial charge in [0.15, 0.2) is 0 Å². The molecule has 0 bridgehead atoms. The second-order valence-corrected chi connectivity index (χ2v) is 9.00. The molecule has 2 fully saturated rings. The van der Waals surface area contributed by atoms with Crippen molar-refractivity contribution in [3.05, 3.63) is 47.5 Å². The summed E-state index contributed by atoms with van der Waals surface area (Å²) < 4.78 is 3.49. The molecule has 1 aromatic carbocycles. The van der Waals surface area contributed by atoms with E-state index in [0.29, 0.717) is 6.04 Å². The summed E-state index contributed by atoms with van der Waals surface area (Å²) >= 11 is 1.72. The van der Waals surface area contributed by atoms with E-state index < -0.39 is 0 Å². The Labute approximate surface area is 170 Å². The van der Waals surface area contributed by atoms with Crippen molar-refractivity contribution in [2.45, 2.75) is 51.0 Å². The summed E-state index contributed by atoms with van der Waals surface area (Å²) in [5.74, 6) is 0.000947. The lowest BCUT2D eigenvalue weighted by Crippen LogP contribution is -2.29. The third-order valence-electron chi connectivity index (χ3n) is 6.23. The molecule has 4 nitrogen and oxygen atoms in total. The highest BCUT2D eigenvalue weighted by Gasteiger charge is 2.25. The topological polar surface area (TPSA) is 37.3 Å². The number of carbonyl (C=O) groups is 1. The Morgan fingerprint density at radius 3 is 2.46 bits per heavy atom. The number of nitrogens with one attached hydrogen (secondary N) is 1. The molecule has 0 spiro atoms. The van der Waals surface area contributed by atoms with Crippen LogP contribution in [0.25, 0.3) is 10.2 Å². The average molecular weight is 394 g/mol. The summed E-state index contributed by atoms with van der Waals surface area (Å²) in [5.41, 5.74) is 4.14. The molecule has 1 aliphatic carbocycles. The Bertz CT molecular complexity index is 960. The minimum Gasteiger partial charge on any atom is -0.372 e. The second-order valence-electron chi connectivity index (χ2n) is 8.06. The highest BCUT2D eigenvalue weighted by atomic mass is 32.1. The third kappa shape index (κ3) is 3.32.